The van der Waals surface area contributed by atoms with Crippen molar-refractivity contribution in [2.45, 2.75) is 31.2 Å². The monoisotopic (exact) mass is 450 g/mol. The van der Waals surface area contributed by atoms with Gasteiger partial charge in [0, 0.05) is 25.7 Å². The van der Waals surface area contributed by atoms with E-state index in [2.05, 4.69) is 5.32 Å². The van der Waals surface area contributed by atoms with Crippen molar-refractivity contribution in [3.8, 4) is 11.5 Å². The minimum absolute atomic E-state index is 0.00114. The number of nitrogens with zero attached hydrogens (tertiary/aromatic N) is 1. The van der Waals surface area contributed by atoms with Gasteiger partial charge in [-0.1, -0.05) is 12.1 Å². The predicted molar refractivity (Wildman–Crippen MR) is 114 cm³/mol. The topological polar surface area (TPSA) is 84.9 Å². The number of rotatable bonds is 7. The highest BCUT2D eigenvalue weighted by Gasteiger charge is 2.42. The number of methoxy groups -OCH3 is 2. The van der Waals surface area contributed by atoms with Gasteiger partial charge in [-0.05, 0) is 49.6 Å². The smallest absolute Gasteiger partial charge is 0.246 e. The van der Waals surface area contributed by atoms with Gasteiger partial charge in [0.05, 0.1) is 19.6 Å². The second-order valence-electron chi connectivity index (χ2n) is 7.83. The van der Waals surface area contributed by atoms with Crippen LogP contribution in [0.2, 0.25) is 0 Å². The molecule has 0 bridgehead atoms. The van der Waals surface area contributed by atoms with E-state index in [4.69, 9.17) is 9.47 Å². The van der Waals surface area contributed by atoms with E-state index >= 15 is 0 Å². The van der Waals surface area contributed by atoms with Crippen molar-refractivity contribution < 1.29 is 27.1 Å². The van der Waals surface area contributed by atoms with Gasteiger partial charge < -0.3 is 14.8 Å². The van der Waals surface area contributed by atoms with Crippen LogP contribution in [0.4, 0.5) is 4.39 Å². The van der Waals surface area contributed by atoms with E-state index in [-0.39, 0.29) is 35.5 Å². The number of nitrogens with one attached hydrogen (secondary N) is 1. The Labute approximate surface area is 182 Å². The van der Waals surface area contributed by atoms with E-state index in [1.54, 1.807) is 31.2 Å². The Morgan fingerprint density at radius 3 is 2.65 bits per heavy atom. The Balaban J connectivity index is 1.79. The third-order valence-corrected chi connectivity index (χ3v) is 7.41. The summed E-state index contributed by atoms with van der Waals surface area (Å²) in [6.07, 6.45) is 1.08. The summed E-state index contributed by atoms with van der Waals surface area (Å²) in [5, 5.41) is 2.82. The first kappa shape index (κ1) is 23.0. The maximum atomic E-state index is 13.4. The first-order valence-electron chi connectivity index (χ1n) is 9.94. The van der Waals surface area contributed by atoms with E-state index in [0.717, 1.165) is 0 Å². The maximum Gasteiger partial charge on any atom is 0.246 e. The number of hydrogen-bond acceptors (Lipinski definition) is 5. The van der Waals surface area contributed by atoms with Crippen molar-refractivity contribution in [3.63, 3.8) is 0 Å². The number of sulfonamides is 1. The van der Waals surface area contributed by atoms with Crippen LogP contribution in [-0.4, -0.2) is 45.9 Å². The van der Waals surface area contributed by atoms with Gasteiger partial charge in [-0.25, -0.2) is 12.8 Å². The molecule has 1 aliphatic heterocycles. The summed E-state index contributed by atoms with van der Waals surface area (Å²) < 4.78 is 51.9. The Bertz CT molecular complexity index is 1060. The second kappa shape index (κ2) is 9.23. The van der Waals surface area contributed by atoms with Crippen LogP contribution in [0.3, 0.4) is 0 Å². The fourth-order valence-electron chi connectivity index (χ4n) is 3.75. The summed E-state index contributed by atoms with van der Waals surface area (Å²) in [5.74, 6) is -0.0370. The van der Waals surface area contributed by atoms with Crippen LogP contribution >= 0.6 is 0 Å². The highest BCUT2D eigenvalue weighted by molar-refractivity contribution is 7.89. The lowest BCUT2D eigenvalue weighted by atomic mass is 9.82. The molecule has 168 valence electrons. The van der Waals surface area contributed by atoms with E-state index in [0.29, 0.717) is 30.7 Å². The molecular weight excluding hydrogens is 423 g/mol. The summed E-state index contributed by atoms with van der Waals surface area (Å²) in [7, 11) is -1.05. The Kier molecular flexibility index (Phi) is 6.86. The van der Waals surface area contributed by atoms with E-state index < -0.39 is 15.4 Å². The van der Waals surface area contributed by atoms with Gasteiger partial charge in [0.15, 0.2) is 0 Å². The number of benzene rings is 2. The number of carbonyl (C=O) groups is 1. The number of amides is 1. The highest BCUT2D eigenvalue weighted by Crippen LogP contribution is 2.36. The molecule has 9 heteroatoms. The molecule has 31 heavy (non-hydrogen) atoms. The van der Waals surface area contributed by atoms with Crippen molar-refractivity contribution in [2.24, 2.45) is 5.41 Å². The van der Waals surface area contributed by atoms with Crippen molar-refractivity contribution in [1.29, 1.82) is 0 Å². The summed E-state index contributed by atoms with van der Waals surface area (Å²) in [6, 6.07) is 10.6. The van der Waals surface area contributed by atoms with Gasteiger partial charge in [0.1, 0.15) is 22.2 Å². The molecule has 2 aromatic carbocycles. The molecule has 0 spiro atoms. The maximum absolute atomic E-state index is 13.4. The molecule has 0 aliphatic carbocycles. The second-order valence-corrected chi connectivity index (χ2v) is 9.74. The Morgan fingerprint density at radius 1 is 1.19 bits per heavy atom. The van der Waals surface area contributed by atoms with Crippen LogP contribution in [0.25, 0.3) is 0 Å². The normalized spacial score (nSPS) is 19.6. The minimum Gasteiger partial charge on any atom is -0.497 e. The fraction of sp³-hybridized carbons (Fsp3) is 0.409. The molecule has 1 heterocycles. The molecule has 0 unspecified atom stereocenters. The van der Waals surface area contributed by atoms with Gasteiger partial charge in [-0.15, -0.1) is 0 Å². The lowest BCUT2D eigenvalue weighted by Crippen LogP contribution is -2.51. The summed E-state index contributed by atoms with van der Waals surface area (Å²) >= 11 is 0. The van der Waals surface area contributed by atoms with Crippen molar-refractivity contribution >= 4 is 15.9 Å². The number of halogens is 1. The molecular formula is C22H27FN2O5S. The summed E-state index contributed by atoms with van der Waals surface area (Å²) in [6.45, 7) is 2.25. The molecule has 1 saturated heterocycles. The summed E-state index contributed by atoms with van der Waals surface area (Å²) in [4.78, 5) is 12.9. The molecule has 0 aromatic heterocycles. The molecule has 1 fully saturated rings. The van der Waals surface area contributed by atoms with Crippen LogP contribution < -0.4 is 14.8 Å². The molecule has 1 amide bonds. The van der Waals surface area contributed by atoms with Crippen LogP contribution in [0, 0.1) is 11.2 Å². The van der Waals surface area contributed by atoms with Crippen molar-refractivity contribution in [2.75, 3.05) is 27.3 Å². The van der Waals surface area contributed by atoms with Crippen LogP contribution in [-0.2, 0) is 21.4 Å². The van der Waals surface area contributed by atoms with Gasteiger partial charge in [0.2, 0.25) is 15.9 Å². The van der Waals surface area contributed by atoms with Gasteiger partial charge in [0.25, 0.3) is 0 Å². The zero-order valence-corrected chi connectivity index (χ0v) is 18.7. The molecule has 7 nitrogen and oxygen atoms in total. The SMILES string of the molecule is COc1ccc(OC)c(S(=O)(=O)N2CCC[C@](C)(C(=O)NCc3cccc(F)c3)C2)c1. The number of hydrogen-bond donors (Lipinski definition) is 1. The average Bonchev–Trinajstić information content (AvgIpc) is 2.77. The van der Waals surface area contributed by atoms with Gasteiger partial charge in [-0.3, -0.25) is 4.79 Å². The van der Waals surface area contributed by atoms with Crippen molar-refractivity contribution in [3.05, 3.63) is 53.8 Å². The van der Waals surface area contributed by atoms with Gasteiger partial charge >= 0.3 is 0 Å². The zero-order valence-electron chi connectivity index (χ0n) is 17.9. The van der Waals surface area contributed by atoms with Crippen LogP contribution in [0.5, 0.6) is 11.5 Å². The van der Waals surface area contributed by atoms with Crippen molar-refractivity contribution in [1.82, 2.24) is 9.62 Å². The highest BCUT2D eigenvalue weighted by atomic mass is 32.2. The molecule has 1 N–H and O–H groups in total. The lowest BCUT2D eigenvalue weighted by molar-refractivity contribution is -0.132. The average molecular weight is 451 g/mol. The molecule has 0 saturated carbocycles. The molecule has 3 rings (SSSR count). The van der Waals surface area contributed by atoms with Gasteiger partial charge in [-0.2, -0.15) is 4.31 Å². The fourth-order valence-corrected chi connectivity index (χ4v) is 5.52. The first-order valence-corrected chi connectivity index (χ1v) is 11.4. The standard InChI is InChI=1S/C22H27FN2O5S/c1-22(21(26)24-14-16-6-4-7-17(23)12-16)10-5-11-25(15-22)31(27,28)20-13-18(29-2)8-9-19(20)30-3/h4,6-9,12-13H,5,10-11,14-15H2,1-3H3,(H,24,26)/t22-/m0/s1. The molecule has 1 aliphatic rings. The zero-order chi connectivity index (χ0) is 22.6. The quantitative estimate of drug-likeness (QED) is 0.701. The molecule has 1 atom stereocenters. The van der Waals surface area contributed by atoms with E-state index in [9.17, 15) is 17.6 Å². The molecule has 2 aromatic rings. The number of piperidine rings is 1. The number of ether oxygens (including phenoxy) is 2. The summed E-state index contributed by atoms with van der Waals surface area (Å²) in [5.41, 5.74) is -0.275. The Morgan fingerprint density at radius 2 is 1.97 bits per heavy atom. The first-order chi connectivity index (χ1) is 14.7. The molecule has 0 radical (unpaired) electrons. The van der Waals surface area contributed by atoms with E-state index in [1.165, 1.54) is 36.7 Å². The third kappa shape index (κ3) is 4.99. The van der Waals surface area contributed by atoms with Crippen LogP contribution in [0.15, 0.2) is 47.4 Å². The largest absolute Gasteiger partial charge is 0.497 e. The predicted octanol–water partition coefficient (Wildman–Crippen LogP) is 2.95. The lowest BCUT2D eigenvalue weighted by Gasteiger charge is -2.38. The number of carbonyl (C=O) groups excluding carboxylic acids is 1. The van der Waals surface area contributed by atoms with Crippen LogP contribution in [0.1, 0.15) is 25.3 Å². The minimum atomic E-state index is -3.92. The van der Waals surface area contributed by atoms with E-state index in [1.807, 2.05) is 0 Å². The Hall–Kier alpha value is -2.65. The third-order valence-electron chi connectivity index (χ3n) is 5.54.